The predicted octanol–water partition coefficient (Wildman–Crippen LogP) is 2.82. The van der Waals surface area contributed by atoms with Crippen molar-refractivity contribution in [3.05, 3.63) is 71.8 Å². The molecule has 4 heteroatoms. The van der Waals surface area contributed by atoms with Gasteiger partial charge in [-0.2, -0.15) is 0 Å². The number of carbonyl (C=O) groups is 1. The number of hydrogen-bond donors (Lipinski definition) is 2. The Morgan fingerprint density at radius 2 is 1.83 bits per heavy atom. The van der Waals surface area contributed by atoms with Gasteiger partial charge < -0.3 is 15.2 Å². The lowest BCUT2D eigenvalue weighted by molar-refractivity contribution is -0.116. The van der Waals surface area contributed by atoms with Crippen LogP contribution >= 0.6 is 0 Å². The number of aliphatic hydroxyl groups is 1. The van der Waals surface area contributed by atoms with E-state index in [2.05, 4.69) is 5.32 Å². The number of benzene rings is 2. The van der Waals surface area contributed by atoms with Crippen molar-refractivity contribution >= 4 is 11.5 Å². The van der Waals surface area contributed by atoms with E-state index in [-0.39, 0.29) is 12.5 Å². The first-order chi connectivity index (χ1) is 11.6. The van der Waals surface area contributed by atoms with Crippen molar-refractivity contribution in [3.8, 4) is 5.75 Å². The molecule has 0 spiro atoms. The van der Waals surface area contributed by atoms with E-state index >= 15 is 0 Å². The van der Waals surface area contributed by atoms with Gasteiger partial charge in [0.05, 0.1) is 13.2 Å². The number of methoxy groups -OCH3 is 1. The SMILES string of the molecule is COc1ccc(C(C)=CC(=O)NCC(O)Cc2ccccc2)cc1. The maximum Gasteiger partial charge on any atom is 0.244 e. The molecule has 4 nitrogen and oxygen atoms in total. The number of aliphatic hydroxyl groups excluding tert-OH is 1. The molecule has 1 atom stereocenters. The number of hydrogen-bond acceptors (Lipinski definition) is 3. The summed E-state index contributed by atoms with van der Waals surface area (Å²) in [7, 11) is 1.62. The third-order valence-electron chi connectivity index (χ3n) is 3.72. The fourth-order valence-corrected chi connectivity index (χ4v) is 2.36. The number of amides is 1. The summed E-state index contributed by atoms with van der Waals surface area (Å²) >= 11 is 0. The summed E-state index contributed by atoms with van der Waals surface area (Å²) in [6.07, 6.45) is 1.45. The van der Waals surface area contributed by atoms with Gasteiger partial charge in [-0.25, -0.2) is 0 Å². The zero-order valence-corrected chi connectivity index (χ0v) is 14.0. The maximum absolute atomic E-state index is 12.0. The molecule has 0 aromatic heterocycles. The summed E-state index contributed by atoms with van der Waals surface area (Å²) in [5, 5.41) is 12.7. The number of rotatable bonds is 7. The maximum atomic E-state index is 12.0. The van der Waals surface area contributed by atoms with Crippen molar-refractivity contribution in [2.24, 2.45) is 0 Å². The number of nitrogens with one attached hydrogen (secondary N) is 1. The van der Waals surface area contributed by atoms with Crippen LogP contribution in [0, 0.1) is 0 Å². The molecule has 1 unspecified atom stereocenters. The highest BCUT2D eigenvalue weighted by molar-refractivity contribution is 5.94. The molecule has 0 bridgehead atoms. The van der Waals surface area contributed by atoms with Crippen LogP contribution in [0.3, 0.4) is 0 Å². The minimum absolute atomic E-state index is 0.213. The second kappa shape index (κ2) is 8.89. The fourth-order valence-electron chi connectivity index (χ4n) is 2.36. The van der Waals surface area contributed by atoms with Crippen molar-refractivity contribution in [1.82, 2.24) is 5.32 Å². The van der Waals surface area contributed by atoms with E-state index in [1.54, 1.807) is 7.11 Å². The summed E-state index contributed by atoms with van der Waals surface area (Å²) in [5.74, 6) is 0.565. The third kappa shape index (κ3) is 5.56. The first kappa shape index (κ1) is 17.8. The highest BCUT2D eigenvalue weighted by atomic mass is 16.5. The van der Waals surface area contributed by atoms with Crippen molar-refractivity contribution in [1.29, 1.82) is 0 Å². The van der Waals surface area contributed by atoms with Crippen molar-refractivity contribution < 1.29 is 14.6 Å². The smallest absolute Gasteiger partial charge is 0.244 e. The van der Waals surface area contributed by atoms with Gasteiger partial charge in [-0.05, 0) is 35.8 Å². The Morgan fingerprint density at radius 3 is 2.46 bits per heavy atom. The highest BCUT2D eigenvalue weighted by Gasteiger charge is 2.07. The van der Waals surface area contributed by atoms with Crippen LogP contribution in [0.5, 0.6) is 5.75 Å². The van der Waals surface area contributed by atoms with E-state index in [0.29, 0.717) is 6.42 Å². The lowest BCUT2D eigenvalue weighted by atomic mass is 10.1. The molecule has 126 valence electrons. The molecular weight excluding hydrogens is 302 g/mol. The van der Waals surface area contributed by atoms with Gasteiger partial charge in [0.15, 0.2) is 0 Å². The molecular formula is C20H23NO3. The molecule has 2 rings (SSSR count). The summed E-state index contributed by atoms with van der Waals surface area (Å²) in [6, 6.07) is 17.2. The molecule has 0 aliphatic rings. The molecule has 0 aliphatic carbocycles. The van der Waals surface area contributed by atoms with E-state index < -0.39 is 6.10 Å². The molecule has 0 radical (unpaired) electrons. The molecule has 0 aliphatic heterocycles. The zero-order valence-electron chi connectivity index (χ0n) is 14.0. The van der Waals surface area contributed by atoms with Crippen LogP contribution in [0.15, 0.2) is 60.7 Å². The minimum Gasteiger partial charge on any atom is -0.497 e. The van der Waals surface area contributed by atoms with Gasteiger partial charge in [0.2, 0.25) is 5.91 Å². The second-order valence-corrected chi connectivity index (χ2v) is 5.64. The van der Waals surface area contributed by atoms with Crippen molar-refractivity contribution in [2.75, 3.05) is 13.7 Å². The Balaban J connectivity index is 1.84. The van der Waals surface area contributed by atoms with Crippen LogP contribution in [0.25, 0.3) is 5.57 Å². The lowest BCUT2D eigenvalue weighted by Crippen LogP contribution is -2.32. The van der Waals surface area contributed by atoms with Gasteiger partial charge in [0.1, 0.15) is 5.75 Å². The molecule has 2 aromatic carbocycles. The average Bonchev–Trinajstić information content (AvgIpc) is 2.61. The molecule has 2 N–H and O–H groups in total. The first-order valence-corrected chi connectivity index (χ1v) is 7.91. The van der Waals surface area contributed by atoms with Gasteiger partial charge in [-0.1, -0.05) is 42.5 Å². The predicted molar refractivity (Wildman–Crippen MR) is 95.8 cm³/mol. The normalized spacial score (nSPS) is 12.5. The first-order valence-electron chi connectivity index (χ1n) is 7.91. The Hall–Kier alpha value is -2.59. The zero-order chi connectivity index (χ0) is 17.4. The van der Waals surface area contributed by atoms with Crippen LogP contribution in [0.1, 0.15) is 18.1 Å². The van der Waals surface area contributed by atoms with Crippen LogP contribution < -0.4 is 10.1 Å². The number of carbonyl (C=O) groups excluding carboxylic acids is 1. The molecule has 24 heavy (non-hydrogen) atoms. The molecule has 0 saturated heterocycles. The fraction of sp³-hybridized carbons (Fsp3) is 0.250. The monoisotopic (exact) mass is 325 g/mol. The molecule has 1 amide bonds. The van der Waals surface area contributed by atoms with E-state index in [1.807, 2.05) is 61.5 Å². The van der Waals surface area contributed by atoms with Gasteiger partial charge in [0.25, 0.3) is 0 Å². The second-order valence-electron chi connectivity index (χ2n) is 5.64. The molecule has 0 fully saturated rings. The Morgan fingerprint density at radius 1 is 1.17 bits per heavy atom. The van der Waals surface area contributed by atoms with Crippen LogP contribution in [-0.2, 0) is 11.2 Å². The largest absolute Gasteiger partial charge is 0.497 e. The van der Waals surface area contributed by atoms with Crippen molar-refractivity contribution in [3.63, 3.8) is 0 Å². The topological polar surface area (TPSA) is 58.6 Å². The van der Waals surface area contributed by atoms with Crippen LogP contribution in [0.4, 0.5) is 0 Å². The van der Waals surface area contributed by atoms with E-state index in [4.69, 9.17) is 4.74 Å². The van der Waals surface area contributed by atoms with E-state index in [9.17, 15) is 9.90 Å². The molecule has 0 saturated carbocycles. The standard InChI is InChI=1S/C20H23NO3/c1-15(17-8-10-19(24-2)11-9-17)12-20(23)21-14-18(22)13-16-6-4-3-5-7-16/h3-12,18,22H,13-14H2,1-2H3,(H,21,23). The van der Waals surface area contributed by atoms with Gasteiger partial charge in [-0.15, -0.1) is 0 Å². The summed E-state index contributed by atoms with van der Waals surface area (Å²) in [4.78, 5) is 12.0. The van der Waals surface area contributed by atoms with Gasteiger partial charge >= 0.3 is 0 Å². The Labute approximate surface area is 142 Å². The summed E-state index contributed by atoms with van der Waals surface area (Å²) < 4.78 is 5.12. The Bertz CT molecular complexity index is 678. The van der Waals surface area contributed by atoms with Gasteiger partial charge in [-0.3, -0.25) is 4.79 Å². The number of allylic oxidation sites excluding steroid dienone is 1. The Kier molecular flexibility index (Phi) is 6.58. The number of ether oxygens (including phenoxy) is 1. The quantitative estimate of drug-likeness (QED) is 0.770. The van der Waals surface area contributed by atoms with Gasteiger partial charge in [0, 0.05) is 19.0 Å². The van der Waals surface area contributed by atoms with E-state index in [0.717, 1.165) is 22.4 Å². The molecule has 2 aromatic rings. The lowest BCUT2D eigenvalue weighted by Gasteiger charge is -2.11. The van der Waals surface area contributed by atoms with Crippen LogP contribution in [-0.4, -0.2) is 30.8 Å². The van der Waals surface area contributed by atoms with Crippen LogP contribution in [0.2, 0.25) is 0 Å². The van der Waals surface area contributed by atoms with Crippen molar-refractivity contribution in [2.45, 2.75) is 19.4 Å². The minimum atomic E-state index is -0.606. The highest BCUT2D eigenvalue weighted by Crippen LogP contribution is 2.17. The van der Waals surface area contributed by atoms with E-state index in [1.165, 1.54) is 6.08 Å². The summed E-state index contributed by atoms with van der Waals surface area (Å²) in [5.41, 5.74) is 2.85. The summed E-state index contributed by atoms with van der Waals surface area (Å²) in [6.45, 7) is 2.10. The average molecular weight is 325 g/mol. The molecule has 0 heterocycles. The third-order valence-corrected chi connectivity index (χ3v) is 3.72.